The van der Waals surface area contributed by atoms with Crippen molar-refractivity contribution in [3.05, 3.63) is 64.3 Å². The van der Waals surface area contributed by atoms with E-state index in [1.807, 2.05) is 13.8 Å². The van der Waals surface area contributed by atoms with Crippen LogP contribution in [-0.2, 0) is 0 Å². The molecule has 0 fully saturated rings. The van der Waals surface area contributed by atoms with E-state index in [0.717, 1.165) is 6.42 Å². The molecule has 1 amide bonds. The van der Waals surface area contributed by atoms with E-state index in [4.69, 9.17) is 9.47 Å². The molecule has 0 saturated heterocycles. The Labute approximate surface area is 179 Å². The van der Waals surface area contributed by atoms with Crippen LogP contribution in [0.25, 0.3) is 16.9 Å². The first-order valence-electron chi connectivity index (χ1n) is 9.76. The van der Waals surface area contributed by atoms with Crippen molar-refractivity contribution in [3.8, 4) is 28.4 Å². The van der Waals surface area contributed by atoms with Gasteiger partial charge in [0.15, 0.2) is 0 Å². The number of nitro benzene ring substituents is 1. The smallest absolute Gasteiger partial charge is 0.271 e. The molecule has 1 unspecified atom stereocenters. The molecular formula is C22H24N4O5. The van der Waals surface area contributed by atoms with Gasteiger partial charge in [0.05, 0.1) is 30.5 Å². The molecule has 0 aliphatic carbocycles. The highest BCUT2D eigenvalue weighted by Crippen LogP contribution is 2.33. The number of methoxy groups -OCH3 is 2. The topological polar surface area (TPSA) is 109 Å². The molecule has 1 heterocycles. The number of carbonyl (C=O) groups is 1. The molecule has 2 aromatic carbocycles. The van der Waals surface area contributed by atoms with Crippen LogP contribution in [0.3, 0.4) is 0 Å². The monoisotopic (exact) mass is 424 g/mol. The van der Waals surface area contributed by atoms with Gasteiger partial charge in [0.2, 0.25) is 0 Å². The molecule has 0 spiro atoms. The highest BCUT2D eigenvalue weighted by molar-refractivity contribution is 5.94. The number of hydrogen-bond donors (Lipinski definition) is 1. The molecule has 9 nitrogen and oxygen atoms in total. The third kappa shape index (κ3) is 4.66. The lowest BCUT2D eigenvalue weighted by Crippen LogP contribution is -2.33. The second-order valence-electron chi connectivity index (χ2n) is 6.95. The van der Waals surface area contributed by atoms with Crippen molar-refractivity contribution in [1.82, 2.24) is 15.1 Å². The van der Waals surface area contributed by atoms with Crippen LogP contribution < -0.4 is 14.8 Å². The van der Waals surface area contributed by atoms with Crippen molar-refractivity contribution >= 4 is 11.6 Å². The van der Waals surface area contributed by atoms with Crippen molar-refractivity contribution in [2.75, 3.05) is 14.2 Å². The van der Waals surface area contributed by atoms with E-state index in [1.165, 1.54) is 23.9 Å². The van der Waals surface area contributed by atoms with Gasteiger partial charge < -0.3 is 14.8 Å². The second kappa shape index (κ2) is 9.29. The lowest BCUT2D eigenvalue weighted by atomic mass is 10.1. The Bertz CT molecular complexity index is 1110. The van der Waals surface area contributed by atoms with Gasteiger partial charge in [0.1, 0.15) is 17.2 Å². The van der Waals surface area contributed by atoms with E-state index in [0.29, 0.717) is 28.4 Å². The Morgan fingerprint density at radius 3 is 2.61 bits per heavy atom. The molecule has 1 atom stereocenters. The SMILES string of the molecule is CCC(C)NC(=O)c1cc(-c2ccc(OC)cc2OC)nn1-c1cccc([N+](=O)[O-])c1. The molecular weight excluding hydrogens is 400 g/mol. The first-order chi connectivity index (χ1) is 14.9. The summed E-state index contributed by atoms with van der Waals surface area (Å²) in [5.41, 5.74) is 1.71. The number of nitrogens with zero attached hydrogens (tertiary/aromatic N) is 3. The average Bonchev–Trinajstić information content (AvgIpc) is 3.24. The minimum Gasteiger partial charge on any atom is -0.497 e. The molecule has 3 aromatic rings. The summed E-state index contributed by atoms with van der Waals surface area (Å²) in [6.07, 6.45) is 0.760. The van der Waals surface area contributed by atoms with E-state index >= 15 is 0 Å². The normalized spacial score (nSPS) is 11.6. The summed E-state index contributed by atoms with van der Waals surface area (Å²) in [5.74, 6) is 0.817. The van der Waals surface area contributed by atoms with Crippen LogP contribution in [-0.4, -0.2) is 40.9 Å². The molecule has 0 saturated carbocycles. The summed E-state index contributed by atoms with van der Waals surface area (Å²) in [7, 11) is 3.09. The summed E-state index contributed by atoms with van der Waals surface area (Å²) in [5, 5.41) is 18.7. The highest BCUT2D eigenvalue weighted by atomic mass is 16.6. The molecule has 3 rings (SSSR count). The molecule has 0 radical (unpaired) electrons. The van der Waals surface area contributed by atoms with Crippen LogP contribution in [0.4, 0.5) is 5.69 Å². The minimum absolute atomic E-state index is 0.0417. The summed E-state index contributed by atoms with van der Waals surface area (Å²) in [6.45, 7) is 3.87. The number of hydrogen-bond acceptors (Lipinski definition) is 6. The lowest BCUT2D eigenvalue weighted by Gasteiger charge is -2.12. The first-order valence-corrected chi connectivity index (χ1v) is 9.76. The minimum atomic E-state index is -0.487. The van der Waals surface area contributed by atoms with Gasteiger partial charge in [-0.1, -0.05) is 13.0 Å². The number of nitro groups is 1. The molecule has 0 bridgehead atoms. The molecule has 0 aliphatic heterocycles. The van der Waals surface area contributed by atoms with Gasteiger partial charge in [-0.3, -0.25) is 14.9 Å². The Morgan fingerprint density at radius 1 is 1.19 bits per heavy atom. The molecule has 0 aliphatic rings. The quantitative estimate of drug-likeness (QED) is 0.433. The molecule has 1 aromatic heterocycles. The third-order valence-corrected chi connectivity index (χ3v) is 4.90. The lowest BCUT2D eigenvalue weighted by molar-refractivity contribution is -0.384. The van der Waals surface area contributed by atoms with Gasteiger partial charge in [-0.15, -0.1) is 0 Å². The number of non-ortho nitro benzene ring substituents is 1. The van der Waals surface area contributed by atoms with Gasteiger partial charge in [-0.25, -0.2) is 4.68 Å². The predicted molar refractivity (Wildman–Crippen MR) is 116 cm³/mol. The number of carbonyl (C=O) groups excluding carboxylic acids is 1. The van der Waals surface area contributed by atoms with Crippen molar-refractivity contribution in [1.29, 1.82) is 0 Å². The van der Waals surface area contributed by atoms with E-state index in [-0.39, 0.29) is 23.3 Å². The summed E-state index contributed by atoms with van der Waals surface area (Å²) in [6, 6.07) is 12.9. The zero-order valence-corrected chi connectivity index (χ0v) is 17.8. The first kappa shape index (κ1) is 21.8. The summed E-state index contributed by atoms with van der Waals surface area (Å²) >= 11 is 0. The van der Waals surface area contributed by atoms with Crippen LogP contribution in [0.5, 0.6) is 11.5 Å². The van der Waals surface area contributed by atoms with Crippen molar-refractivity contribution < 1.29 is 19.2 Å². The predicted octanol–water partition coefficient (Wildman–Crippen LogP) is 3.99. The number of amides is 1. The fraction of sp³-hybridized carbons (Fsp3) is 0.273. The summed E-state index contributed by atoms with van der Waals surface area (Å²) < 4.78 is 12.1. The number of rotatable bonds is 8. The van der Waals surface area contributed by atoms with Gasteiger partial charge in [-0.05, 0) is 37.6 Å². The van der Waals surface area contributed by atoms with Crippen molar-refractivity contribution in [2.24, 2.45) is 0 Å². The van der Waals surface area contributed by atoms with Crippen LogP contribution in [0.1, 0.15) is 30.8 Å². The number of benzene rings is 2. The maximum absolute atomic E-state index is 13.0. The fourth-order valence-electron chi connectivity index (χ4n) is 3.02. The maximum Gasteiger partial charge on any atom is 0.271 e. The fourth-order valence-corrected chi connectivity index (χ4v) is 3.02. The zero-order valence-electron chi connectivity index (χ0n) is 17.8. The number of aromatic nitrogens is 2. The standard InChI is InChI=1S/C22H24N4O5/c1-5-14(2)23-22(27)20-13-19(18-10-9-17(30-3)12-21(18)31-4)24-25(20)15-7-6-8-16(11-15)26(28)29/h6-14H,5H2,1-4H3,(H,23,27). The maximum atomic E-state index is 13.0. The van der Waals surface area contributed by atoms with Crippen LogP contribution >= 0.6 is 0 Å². The van der Waals surface area contributed by atoms with Crippen LogP contribution in [0.15, 0.2) is 48.5 Å². The van der Waals surface area contributed by atoms with Gasteiger partial charge in [0, 0.05) is 29.8 Å². The molecule has 9 heteroatoms. The van der Waals surface area contributed by atoms with Gasteiger partial charge in [-0.2, -0.15) is 5.10 Å². The van der Waals surface area contributed by atoms with E-state index in [2.05, 4.69) is 10.4 Å². The Balaban J connectivity index is 2.16. The molecule has 31 heavy (non-hydrogen) atoms. The van der Waals surface area contributed by atoms with E-state index in [9.17, 15) is 14.9 Å². The highest BCUT2D eigenvalue weighted by Gasteiger charge is 2.21. The Morgan fingerprint density at radius 2 is 1.97 bits per heavy atom. The zero-order chi connectivity index (χ0) is 22.5. The second-order valence-corrected chi connectivity index (χ2v) is 6.95. The van der Waals surface area contributed by atoms with E-state index in [1.54, 1.807) is 43.5 Å². The summed E-state index contributed by atoms with van der Waals surface area (Å²) in [4.78, 5) is 23.7. The van der Waals surface area contributed by atoms with Gasteiger partial charge in [0.25, 0.3) is 11.6 Å². The number of ether oxygens (including phenoxy) is 2. The van der Waals surface area contributed by atoms with Gasteiger partial charge >= 0.3 is 0 Å². The largest absolute Gasteiger partial charge is 0.497 e. The van der Waals surface area contributed by atoms with E-state index < -0.39 is 4.92 Å². The van der Waals surface area contributed by atoms with Crippen molar-refractivity contribution in [3.63, 3.8) is 0 Å². The Hall–Kier alpha value is -3.88. The Kier molecular flexibility index (Phi) is 6.54. The number of nitrogens with one attached hydrogen (secondary N) is 1. The molecule has 1 N–H and O–H groups in total. The average molecular weight is 424 g/mol. The molecule has 162 valence electrons. The van der Waals surface area contributed by atoms with Crippen molar-refractivity contribution in [2.45, 2.75) is 26.3 Å². The van der Waals surface area contributed by atoms with Crippen LogP contribution in [0.2, 0.25) is 0 Å². The third-order valence-electron chi connectivity index (χ3n) is 4.90. The van der Waals surface area contributed by atoms with Crippen LogP contribution in [0, 0.1) is 10.1 Å².